The van der Waals surface area contributed by atoms with E-state index in [9.17, 15) is 9.59 Å². The van der Waals surface area contributed by atoms with Gasteiger partial charge in [0, 0.05) is 0 Å². The number of carbonyl (C=O) groups excluding carboxylic acids is 2. The van der Waals surface area contributed by atoms with Crippen molar-refractivity contribution in [3.63, 3.8) is 0 Å². The summed E-state index contributed by atoms with van der Waals surface area (Å²) in [5, 5.41) is 2.51. The lowest BCUT2D eigenvalue weighted by Gasteiger charge is -2.09. The van der Waals surface area contributed by atoms with Crippen LogP contribution in [0.25, 0.3) is 0 Å². The molecule has 1 aliphatic heterocycles. The monoisotopic (exact) mass is 187 g/mol. The molecule has 1 N–H and O–H groups in total. The van der Waals surface area contributed by atoms with E-state index in [2.05, 4.69) is 10.1 Å². The summed E-state index contributed by atoms with van der Waals surface area (Å²) in [5.41, 5.74) is 0. The standard InChI is InChI=1S/C8H13NO4/c1-5(2)7(10)12-3-6-4-13-8(11)9-6/h5-6H,3-4H2,1-2H3,(H,9,11). The van der Waals surface area contributed by atoms with E-state index in [0.29, 0.717) is 0 Å². The zero-order valence-electron chi connectivity index (χ0n) is 7.70. The van der Waals surface area contributed by atoms with Gasteiger partial charge in [-0.25, -0.2) is 4.79 Å². The number of cyclic esters (lactones) is 1. The lowest BCUT2D eigenvalue weighted by atomic mass is 10.2. The van der Waals surface area contributed by atoms with Gasteiger partial charge in [0.15, 0.2) is 0 Å². The maximum absolute atomic E-state index is 11.0. The van der Waals surface area contributed by atoms with E-state index in [1.165, 1.54) is 0 Å². The molecule has 0 radical (unpaired) electrons. The number of alkyl carbamates (subject to hydrolysis) is 1. The molecule has 1 fully saturated rings. The zero-order chi connectivity index (χ0) is 9.84. The Morgan fingerprint density at radius 2 is 2.46 bits per heavy atom. The number of nitrogens with one attached hydrogen (secondary N) is 1. The molecule has 0 aromatic heterocycles. The maximum Gasteiger partial charge on any atom is 0.407 e. The fourth-order valence-corrected chi connectivity index (χ4v) is 0.865. The number of rotatable bonds is 3. The van der Waals surface area contributed by atoms with Crippen molar-refractivity contribution in [2.45, 2.75) is 19.9 Å². The van der Waals surface area contributed by atoms with E-state index in [0.717, 1.165) is 0 Å². The molecule has 1 unspecified atom stereocenters. The van der Waals surface area contributed by atoms with Gasteiger partial charge in [0.1, 0.15) is 19.3 Å². The molecule has 5 nitrogen and oxygen atoms in total. The third-order valence-corrected chi connectivity index (χ3v) is 1.64. The second kappa shape index (κ2) is 4.11. The average Bonchev–Trinajstić information content (AvgIpc) is 2.47. The molecular weight excluding hydrogens is 174 g/mol. The minimum Gasteiger partial charge on any atom is -0.463 e. The molecule has 1 saturated heterocycles. The van der Waals surface area contributed by atoms with E-state index in [4.69, 9.17) is 4.74 Å². The summed E-state index contributed by atoms with van der Waals surface area (Å²) in [6.07, 6.45) is -0.453. The number of hydrogen-bond donors (Lipinski definition) is 1. The van der Waals surface area contributed by atoms with Crippen LogP contribution in [0, 0.1) is 5.92 Å². The lowest BCUT2D eigenvalue weighted by molar-refractivity contribution is -0.147. The SMILES string of the molecule is CC(C)C(=O)OCC1COC(=O)N1. The normalized spacial score (nSPS) is 21.2. The largest absolute Gasteiger partial charge is 0.463 e. The summed E-state index contributed by atoms with van der Waals surface area (Å²) in [5.74, 6) is -0.404. The number of amides is 1. The Kier molecular flexibility index (Phi) is 3.11. The van der Waals surface area contributed by atoms with Crippen LogP contribution in [0.3, 0.4) is 0 Å². The third kappa shape index (κ3) is 2.93. The Morgan fingerprint density at radius 1 is 1.77 bits per heavy atom. The van der Waals surface area contributed by atoms with Crippen molar-refractivity contribution in [1.29, 1.82) is 0 Å². The molecule has 13 heavy (non-hydrogen) atoms. The lowest BCUT2D eigenvalue weighted by Crippen LogP contribution is -2.32. The first-order chi connectivity index (χ1) is 6.09. The van der Waals surface area contributed by atoms with Crippen molar-refractivity contribution >= 4 is 12.1 Å². The van der Waals surface area contributed by atoms with Gasteiger partial charge in [-0.3, -0.25) is 4.79 Å². The zero-order valence-corrected chi connectivity index (χ0v) is 7.70. The van der Waals surface area contributed by atoms with Gasteiger partial charge in [0.25, 0.3) is 0 Å². The molecule has 0 saturated carbocycles. The molecule has 0 aromatic rings. The topological polar surface area (TPSA) is 64.6 Å². The van der Waals surface area contributed by atoms with Crippen LogP contribution in [0.5, 0.6) is 0 Å². The highest BCUT2D eigenvalue weighted by Crippen LogP contribution is 2.01. The Morgan fingerprint density at radius 3 is 2.92 bits per heavy atom. The van der Waals surface area contributed by atoms with Crippen molar-refractivity contribution in [2.75, 3.05) is 13.2 Å². The van der Waals surface area contributed by atoms with Crippen molar-refractivity contribution in [2.24, 2.45) is 5.92 Å². The quantitative estimate of drug-likeness (QED) is 0.645. The predicted molar refractivity (Wildman–Crippen MR) is 44.1 cm³/mol. The van der Waals surface area contributed by atoms with E-state index in [1.54, 1.807) is 13.8 Å². The molecular formula is C8H13NO4. The number of ether oxygens (including phenoxy) is 2. The highest BCUT2D eigenvalue weighted by molar-refractivity contribution is 5.72. The molecule has 0 spiro atoms. The second-order valence-electron chi connectivity index (χ2n) is 3.22. The minimum absolute atomic E-state index is 0.141. The molecule has 1 rings (SSSR count). The molecule has 1 heterocycles. The van der Waals surface area contributed by atoms with Gasteiger partial charge >= 0.3 is 12.1 Å². The van der Waals surface area contributed by atoms with Crippen molar-refractivity contribution in [1.82, 2.24) is 5.32 Å². The first-order valence-corrected chi connectivity index (χ1v) is 4.19. The van der Waals surface area contributed by atoms with Gasteiger partial charge in [-0.15, -0.1) is 0 Å². The van der Waals surface area contributed by atoms with Gasteiger partial charge < -0.3 is 14.8 Å². The fourth-order valence-electron chi connectivity index (χ4n) is 0.865. The Balaban J connectivity index is 2.19. The van der Waals surface area contributed by atoms with Crippen LogP contribution in [0.1, 0.15) is 13.8 Å². The molecule has 1 aliphatic rings. The molecule has 74 valence electrons. The molecule has 0 bridgehead atoms. The first-order valence-electron chi connectivity index (χ1n) is 4.19. The summed E-state index contributed by atoms with van der Waals surface area (Å²) >= 11 is 0. The number of esters is 1. The van der Waals surface area contributed by atoms with Crippen molar-refractivity contribution in [3.8, 4) is 0 Å². The molecule has 5 heteroatoms. The van der Waals surface area contributed by atoms with Crippen LogP contribution in [0.15, 0.2) is 0 Å². The van der Waals surface area contributed by atoms with E-state index >= 15 is 0 Å². The Bertz CT molecular complexity index is 214. The Labute approximate surface area is 76.4 Å². The summed E-state index contributed by atoms with van der Waals surface area (Å²) in [4.78, 5) is 21.6. The molecule has 1 atom stereocenters. The van der Waals surface area contributed by atoms with E-state index in [1.807, 2.05) is 0 Å². The van der Waals surface area contributed by atoms with Gasteiger partial charge in [0.05, 0.1) is 5.92 Å². The highest BCUT2D eigenvalue weighted by Gasteiger charge is 2.23. The van der Waals surface area contributed by atoms with Crippen LogP contribution in [0.2, 0.25) is 0 Å². The molecule has 0 aromatic carbocycles. The van der Waals surface area contributed by atoms with Crippen LogP contribution >= 0.6 is 0 Å². The summed E-state index contributed by atoms with van der Waals surface area (Å²) in [6.45, 7) is 3.96. The summed E-state index contributed by atoms with van der Waals surface area (Å²) in [7, 11) is 0. The number of hydrogen-bond acceptors (Lipinski definition) is 4. The van der Waals surface area contributed by atoms with E-state index < -0.39 is 6.09 Å². The number of carbonyl (C=O) groups is 2. The van der Waals surface area contributed by atoms with Crippen LogP contribution in [0.4, 0.5) is 4.79 Å². The Hall–Kier alpha value is -1.26. The molecule has 0 aliphatic carbocycles. The van der Waals surface area contributed by atoms with E-state index in [-0.39, 0.29) is 31.1 Å². The van der Waals surface area contributed by atoms with Gasteiger partial charge in [-0.2, -0.15) is 0 Å². The summed E-state index contributed by atoms with van der Waals surface area (Å²) < 4.78 is 9.52. The molecule has 1 amide bonds. The van der Waals surface area contributed by atoms with Gasteiger partial charge in [-0.1, -0.05) is 13.8 Å². The first kappa shape index (κ1) is 9.83. The second-order valence-corrected chi connectivity index (χ2v) is 3.22. The van der Waals surface area contributed by atoms with Crippen molar-refractivity contribution in [3.05, 3.63) is 0 Å². The highest BCUT2D eigenvalue weighted by atomic mass is 16.6. The van der Waals surface area contributed by atoms with Crippen LogP contribution < -0.4 is 5.32 Å². The predicted octanol–water partition coefficient (Wildman–Crippen LogP) is 0.294. The average molecular weight is 187 g/mol. The third-order valence-electron chi connectivity index (χ3n) is 1.64. The smallest absolute Gasteiger partial charge is 0.407 e. The summed E-state index contributed by atoms with van der Waals surface area (Å²) in [6, 6.07) is -0.199. The maximum atomic E-state index is 11.0. The van der Waals surface area contributed by atoms with Crippen molar-refractivity contribution < 1.29 is 19.1 Å². The fraction of sp³-hybridized carbons (Fsp3) is 0.750. The van der Waals surface area contributed by atoms with Crippen LogP contribution in [-0.4, -0.2) is 31.3 Å². The van der Waals surface area contributed by atoms with Gasteiger partial charge in [-0.05, 0) is 0 Å². The van der Waals surface area contributed by atoms with Crippen LogP contribution in [-0.2, 0) is 14.3 Å². The van der Waals surface area contributed by atoms with Gasteiger partial charge in [0.2, 0.25) is 0 Å². The minimum atomic E-state index is -0.453.